The van der Waals surface area contributed by atoms with E-state index in [1.54, 1.807) is 0 Å². The largest absolute Gasteiger partial charge is 0.462 e. The van der Waals surface area contributed by atoms with Gasteiger partial charge in [0.1, 0.15) is 6.61 Å². The fourth-order valence-corrected chi connectivity index (χ4v) is 6.20. The molecule has 0 aromatic heterocycles. The molecule has 1 saturated heterocycles. The zero-order valence-corrected chi connectivity index (χ0v) is 32.8. The van der Waals surface area contributed by atoms with Gasteiger partial charge in [0.25, 0.3) is 0 Å². The number of hydrogen-bond acceptors (Lipinski definition) is 6. The number of epoxide rings is 1. The standard InChI is InChI=1S/C44H78O6/c1-4-6-27-33-41-42(50-41)34-29-24-20-16-13-14-17-21-25-30-35-43(46)48-38-40(37-45)49-44(47)36-31-26-22-18-12-10-8-7-9-11-15-19-23-28-32-39(3)5-2/h13,16-17,21,24,29,39-42,45H,4-12,14-15,18-20,22-23,25-28,30-38H2,1-3H3/b16-13-,21-17-,29-24-/t39?,40-,41?,42?/m0/s1. The number of carbonyl (C=O) groups is 2. The Kier molecular flexibility index (Phi) is 31.5. The van der Waals surface area contributed by atoms with Crippen molar-refractivity contribution in [3.8, 4) is 0 Å². The maximum atomic E-state index is 12.2. The van der Waals surface area contributed by atoms with Crippen molar-refractivity contribution in [2.75, 3.05) is 13.2 Å². The summed E-state index contributed by atoms with van der Waals surface area (Å²) in [6.45, 7) is 6.45. The summed E-state index contributed by atoms with van der Waals surface area (Å²) in [5.41, 5.74) is 0. The third-order valence-corrected chi connectivity index (χ3v) is 9.90. The molecule has 0 amide bonds. The van der Waals surface area contributed by atoms with Gasteiger partial charge in [0.2, 0.25) is 0 Å². The van der Waals surface area contributed by atoms with Crippen LogP contribution in [-0.4, -0.2) is 48.6 Å². The maximum absolute atomic E-state index is 12.2. The van der Waals surface area contributed by atoms with Gasteiger partial charge in [-0.15, -0.1) is 0 Å². The van der Waals surface area contributed by atoms with Crippen molar-refractivity contribution >= 4 is 11.9 Å². The fourth-order valence-electron chi connectivity index (χ4n) is 6.20. The van der Waals surface area contributed by atoms with Gasteiger partial charge >= 0.3 is 11.9 Å². The summed E-state index contributed by atoms with van der Waals surface area (Å²) in [5.74, 6) is 0.241. The molecule has 0 radical (unpaired) electrons. The van der Waals surface area contributed by atoms with E-state index >= 15 is 0 Å². The first kappa shape index (κ1) is 46.1. The molecule has 1 fully saturated rings. The van der Waals surface area contributed by atoms with E-state index in [1.807, 2.05) is 0 Å². The van der Waals surface area contributed by atoms with E-state index in [1.165, 1.54) is 109 Å². The molecule has 3 unspecified atom stereocenters. The first-order chi connectivity index (χ1) is 24.5. The summed E-state index contributed by atoms with van der Waals surface area (Å²) in [6.07, 6.45) is 43.8. The molecule has 6 nitrogen and oxygen atoms in total. The number of hydrogen-bond donors (Lipinski definition) is 1. The summed E-state index contributed by atoms with van der Waals surface area (Å²) in [5, 5.41) is 9.57. The average Bonchev–Trinajstić information content (AvgIpc) is 3.87. The van der Waals surface area contributed by atoms with Crippen molar-refractivity contribution in [1.29, 1.82) is 0 Å². The average molecular weight is 703 g/mol. The van der Waals surface area contributed by atoms with Gasteiger partial charge in [-0.3, -0.25) is 9.59 Å². The van der Waals surface area contributed by atoms with Crippen LogP contribution in [0.2, 0.25) is 0 Å². The molecule has 0 spiro atoms. The number of aliphatic hydroxyl groups is 1. The topological polar surface area (TPSA) is 85.4 Å². The van der Waals surface area contributed by atoms with E-state index < -0.39 is 6.10 Å². The summed E-state index contributed by atoms with van der Waals surface area (Å²) >= 11 is 0. The van der Waals surface area contributed by atoms with Crippen molar-refractivity contribution in [2.24, 2.45) is 5.92 Å². The first-order valence-electron chi connectivity index (χ1n) is 21.1. The highest BCUT2D eigenvalue weighted by Crippen LogP contribution is 2.30. The van der Waals surface area contributed by atoms with Gasteiger partial charge in [-0.1, -0.05) is 173 Å². The van der Waals surface area contributed by atoms with E-state index in [2.05, 4.69) is 57.2 Å². The smallest absolute Gasteiger partial charge is 0.306 e. The molecule has 4 atom stereocenters. The minimum Gasteiger partial charge on any atom is -0.462 e. The first-order valence-corrected chi connectivity index (χ1v) is 21.1. The maximum Gasteiger partial charge on any atom is 0.306 e. The van der Waals surface area contributed by atoms with Crippen LogP contribution < -0.4 is 0 Å². The predicted octanol–water partition coefficient (Wildman–Crippen LogP) is 12.1. The van der Waals surface area contributed by atoms with Gasteiger partial charge in [-0.2, -0.15) is 0 Å². The third kappa shape index (κ3) is 29.8. The van der Waals surface area contributed by atoms with Crippen molar-refractivity contribution < 1.29 is 28.9 Å². The predicted molar refractivity (Wildman–Crippen MR) is 209 cm³/mol. The fraction of sp³-hybridized carbons (Fsp3) is 0.818. The summed E-state index contributed by atoms with van der Waals surface area (Å²) in [7, 11) is 0. The Morgan fingerprint density at radius 1 is 0.660 bits per heavy atom. The molecule has 0 aromatic carbocycles. The highest BCUT2D eigenvalue weighted by Gasteiger charge is 2.36. The molecule has 0 aromatic rings. The SMILES string of the molecule is CCCCCC1OC1C/C=C\C/C=C\C/C=C\CCCC(=O)OC[C@H](CO)OC(=O)CCCCCCCCCCCCCCCCC(C)CC. The molecule has 6 heteroatoms. The van der Waals surface area contributed by atoms with E-state index in [-0.39, 0.29) is 25.2 Å². The second-order valence-electron chi connectivity index (χ2n) is 14.7. The molecule has 1 aliphatic rings. The number of aliphatic hydroxyl groups excluding tert-OH is 1. The van der Waals surface area contributed by atoms with Crippen LogP contribution in [0.15, 0.2) is 36.5 Å². The van der Waals surface area contributed by atoms with Gasteiger partial charge in [-0.25, -0.2) is 0 Å². The van der Waals surface area contributed by atoms with E-state index in [0.29, 0.717) is 31.5 Å². The molecule has 50 heavy (non-hydrogen) atoms. The van der Waals surface area contributed by atoms with Crippen LogP contribution in [0.25, 0.3) is 0 Å². The van der Waals surface area contributed by atoms with Gasteiger partial charge < -0.3 is 19.3 Å². The Balaban J connectivity index is 1.89. The Morgan fingerprint density at radius 3 is 1.82 bits per heavy atom. The monoisotopic (exact) mass is 703 g/mol. The molecule has 1 N–H and O–H groups in total. The second-order valence-corrected chi connectivity index (χ2v) is 14.7. The lowest BCUT2D eigenvalue weighted by Crippen LogP contribution is -2.28. The number of allylic oxidation sites excluding steroid dienone is 5. The Bertz CT molecular complexity index is 880. The summed E-state index contributed by atoms with van der Waals surface area (Å²) in [6, 6.07) is 0. The number of unbranched alkanes of at least 4 members (excludes halogenated alkanes) is 16. The van der Waals surface area contributed by atoms with E-state index in [0.717, 1.165) is 50.9 Å². The molecule has 0 bridgehead atoms. The van der Waals surface area contributed by atoms with Crippen LogP contribution in [0.5, 0.6) is 0 Å². The summed E-state index contributed by atoms with van der Waals surface area (Å²) in [4.78, 5) is 24.3. The minimum absolute atomic E-state index is 0.0955. The molecular formula is C44H78O6. The van der Waals surface area contributed by atoms with Crippen molar-refractivity contribution in [3.05, 3.63) is 36.5 Å². The molecule has 1 aliphatic heterocycles. The highest BCUT2D eigenvalue weighted by molar-refractivity contribution is 5.70. The van der Waals surface area contributed by atoms with Gasteiger partial charge in [0.15, 0.2) is 6.10 Å². The molecule has 1 heterocycles. The van der Waals surface area contributed by atoms with Crippen LogP contribution in [-0.2, 0) is 23.8 Å². The van der Waals surface area contributed by atoms with E-state index in [9.17, 15) is 14.7 Å². The highest BCUT2D eigenvalue weighted by atomic mass is 16.6. The summed E-state index contributed by atoms with van der Waals surface area (Å²) < 4.78 is 16.3. The van der Waals surface area contributed by atoms with Crippen LogP contribution in [0, 0.1) is 5.92 Å². The van der Waals surface area contributed by atoms with Crippen LogP contribution in [0.3, 0.4) is 0 Å². The Labute approximate surface area is 308 Å². The van der Waals surface area contributed by atoms with Gasteiger partial charge in [-0.05, 0) is 50.9 Å². The lowest BCUT2D eigenvalue weighted by molar-refractivity contribution is -0.161. The Hall–Kier alpha value is -1.92. The molecule has 1 rings (SSSR count). The van der Waals surface area contributed by atoms with Crippen molar-refractivity contribution in [1.82, 2.24) is 0 Å². The zero-order chi connectivity index (χ0) is 36.3. The van der Waals surface area contributed by atoms with Gasteiger partial charge in [0, 0.05) is 12.8 Å². The van der Waals surface area contributed by atoms with Crippen molar-refractivity contribution in [2.45, 2.75) is 212 Å². The van der Waals surface area contributed by atoms with Crippen molar-refractivity contribution in [3.63, 3.8) is 0 Å². The third-order valence-electron chi connectivity index (χ3n) is 9.90. The number of esters is 2. The lowest BCUT2D eigenvalue weighted by Gasteiger charge is -2.15. The number of carbonyl (C=O) groups excluding carboxylic acids is 2. The van der Waals surface area contributed by atoms with Crippen LogP contribution in [0.1, 0.15) is 194 Å². The van der Waals surface area contributed by atoms with Crippen LogP contribution in [0.4, 0.5) is 0 Å². The normalized spacial score (nSPS) is 17.2. The molecule has 290 valence electrons. The van der Waals surface area contributed by atoms with E-state index in [4.69, 9.17) is 14.2 Å². The minimum atomic E-state index is -0.794. The lowest BCUT2D eigenvalue weighted by atomic mass is 9.99. The second kappa shape index (κ2) is 34.2. The zero-order valence-electron chi connectivity index (χ0n) is 32.8. The van der Waals surface area contributed by atoms with Crippen LogP contribution >= 0.6 is 0 Å². The quantitative estimate of drug-likeness (QED) is 0.0303. The molecular weight excluding hydrogens is 624 g/mol. The number of rotatable bonds is 36. The molecule has 0 aliphatic carbocycles. The number of ether oxygens (including phenoxy) is 3. The molecule has 0 saturated carbocycles. The van der Waals surface area contributed by atoms with Gasteiger partial charge in [0.05, 0.1) is 18.8 Å². The Morgan fingerprint density at radius 2 is 1.22 bits per heavy atom.